The maximum absolute atomic E-state index is 12.3. The summed E-state index contributed by atoms with van der Waals surface area (Å²) in [6.07, 6.45) is 2.45. The molecule has 17 heavy (non-hydrogen) atoms. The SMILES string of the molecule is C=CCC1(C(C)=O)Cc2cc(Cl)ccc2C1=O. The molecule has 1 aliphatic rings. The van der Waals surface area contributed by atoms with E-state index in [-0.39, 0.29) is 11.6 Å². The number of Topliss-reactive ketones (excluding diaryl/α,β-unsaturated/α-hetero) is 2. The molecule has 0 amide bonds. The van der Waals surface area contributed by atoms with Gasteiger partial charge < -0.3 is 0 Å². The molecule has 0 fully saturated rings. The Morgan fingerprint density at radius 1 is 1.59 bits per heavy atom. The lowest BCUT2D eigenvalue weighted by Gasteiger charge is -2.22. The van der Waals surface area contributed by atoms with Crippen molar-refractivity contribution in [3.8, 4) is 0 Å². The van der Waals surface area contributed by atoms with Crippen molar-refractivity contribution in [2.24, 2.45) is 5.41 Å². The third-order valence-electron chi connectivity index (χ3n) is 3.41. The smallest absolute Gasteiger partial charge is 0.177 e. The van der Waals surface area contributed by atoms with Crippen LogP contribution in [0.25, 0.3) is 0 Å². The first-order valence-corrected chi connectivity index (χ1v) is 5.84. The lowest BCUT2D eigenvalue weighted by Crippen LogP contribution is -2.35. The zero-order valence-electron chi connectivity index (χ0n) is 9.63. The van der Waals surface area contributed by atoms with E-state index in [1.54, 1.807) is 24.3 Å². The van der Waals surface area contributed by atoms with E-state index in [1.807, 2.05) is 0 Å². The van der Waals surface area contributed by atoms with Crippen LogP contribution in [0.15, 0.2) is 30.9 Å². The number of rotatable bonds is 3. The van der Waals surface area contributed by atoms with Crippen molar-refractivity contribution in [3.05, 3.63) is 47.0 Å². The summed E-state index contributed by atoms with van der Waals surface area (Å²) in [6, 6.07) is 5.15. The Labute approximate surface area is 105 Å². The summed E-state index contributed by atoms with van der Waals surface area (Å²) in [5.41, 5.74) is 0.528. The average Bonchev–Trinajstić information content (AvgIpc) is 2.53. The fourth-order valence-electron chi connectivity index (χ4n) is 2.43. The predicted molar refractivity (Wildman–Crippen MR) is 67.4 cm³/mol. The number of hydrogen-bond acceptors (Lipinski definition) is 2. The number of fused-ring (bicyclic) bond motifs is 1. The molecule has 0 saturated carbocycles. The minimum atomic E-state index is -0.950. The van der Waals surface area contributed by atoms with E-state index in [0.717, 1.165) is 5.56 Å². The molecule has 0 saturated heterocycles. The quantitative estimate of drug-likeness (QED) is 0.608. The molecule has 0 bridgehead atoms. The van der Waals surface area contributed by atoms with Crippen LogP contribution in [0.3, 0.4) is 0 Å². The monoisotopic (exact) mass is 248 g/mol. The molecule has 1 aromatic rings. The second-order valence-corrected chi connectivity index (χ2v) is 4.87. The highest BCUT2D eigenvalue weighted by molar-refractivity contribution is 6.31. The molecule has 0 radical (unpaired) electrons. The molecule has 3 heteroatoms. The molecule has 0 aliphatic heterocycles. The molecule has 1 atom stereocenters. The molecule has 2 rings (SSSR count). The molecule has 1 aromatic carbocycles. The Morgan fingerprint density at radius 2 is 2.29 bits per heavy atom. The van der Waals surface area contributed by atoms with Crippen LogP contribution in [0.5, 0.6) is 0 Å². The Kier molecular flexibility index (Phi) is 2.92. The van der Waals surface area contributed by atoms with Crippen molar-refractivity contribution in [3.63, 3.8) is 0 Å². The fraction of sp³-hybridized carbons (Fsp3) is 0.286. The molecule has 88 valence electrons. The predicted octanol–water partition coefficient (Wildman–Crippen LogP) is 3.23. The van der Waals surface area contributed by atoms with E-state index in [9.17, 15) is 9.59 Å². The molecule has 1 aliphatic carbocycles. The van der Waals surface area contributed by atoms with Crippen molar-refractivity contribution >= 4 is 23.2 Å². The van der Waals surface area contributed by atoms with Crippen LogP contribution in [0.1, 0.15) is 29.3 Å². The van der Waals surface area contributed by atoms with Crippen LogP contribution in [0.2, 0.25) is 5.02 Å². The molecule has 2 nitrogen and oxygen atoms in total. The summed E-state index contributed by atoms with van der Waals surface area (Å²) < 4.78 is 0. The summed E-state index contributed by atoms with van der Waals surface area (Å²) in [5.74, 6) is -0.203. The van der Waals surface area contributed by atoms with Crippen molar-refractivity contribution in [1.29, 1.82) is 0 Å². The van der Waals surface area contributed by atoms with Gasteiger partial charge in [-0.1, -0.05) is 17.7 Å². The minimum absolute atomic E-state index is 0.100. The standard InChI is InChI=1S/C14H13ClO2/c1-3-6-14(9(2)16)8-10-7-11(15)4-5-12(10)13(14)17/h3-5,7H,1,6,8H2,2H3. The largest absolute Gasteiger partial charge is 0.299 e. The second-order valence-electron chi connectivity index (χ2n) is 4.44. The lowest BCUT2D eigenvalue weighted by molar-refractivity contribution is -0.123. The van der Waals surface area contributed by atoms with Crippen LogP contribution in [0, 0.1) is 5.41 Å². The number of hydrogen-bond donors (Lipinski definition) is 0. The molecular weight excluding hydrogens is 236 g/mol. The maximum atomic E-state index is 12.3. The Hall–Kier alpha value is -1.41. The summed E-state index contributed by atoms with van der Waals surface area (Å²) in [7, 11) is 0. The molecule has 0 heterocycles. The van der Waals surface area contributed by atoms with Crippen LogP contribution in [0.4, 0.5) is 0 Å². The number of ketones is 2. The van der Waals surface area contributed by atoms with E-state index in [1.165, 1.54) is 6.92 Å². The third kappa shape index (κ3) is 1.73. The first-order valence-electron chi connectivity index (χ1n) is 5.46. The van der Waals surface area contributed by atoms with Gasteiger partial charge in [0.25, 0.3) is 0 Å². The molecule has 0 N–H and O–H groups in total. The van der Waals surface area contributed by atoms with E-state index < -0.39 is 5.41 Å². The van der Waals surface area contributed by atoms with E-state index in [4.69, 9.17) is 11.6 Å². The highest BCUT2D eigenvalue weighted by Gasteiger charge is 2.48. The van der Waals surface area contributed by atoms with Gasteiger partial charge in [0.1, 0.15) is 5.78 Å². The van der Waals surface area contributed by atoms with Gasteiger partial charge >= 0.3 is 0 Å². The van der Waals surface area contributed by atoms with Crippen molar-refractivity contribution in [1.82, 2.24) is 0 Å². The highest BCUT2D eigenvalue weighted by Crippen LogP contribution is 2.41. The zero-order chi connectivity index (χ0) is 12.6. The van der Waals surface area contributed by atoms with Gasteiger partial charge in [-0.05, 0) is 43.5 Å². The Morgan fingerprint density at radius 3 is 2.88 bits per heavy atom. The summed E-state index contributed by atoms with van der Waals surface area (Å²) in [4.78, 5) is 24.2. The van der Waals surface area contributed by atoms with E-state index in [0.29, 0.717) is 23.4 Å². The molecule has 0 spiro atoms. The molecule has 1 unspecified atom stereocenters. The van der Waals surface area contributed by atoms with Crippen LogP contribution in [-0.4, -0.2) is 11.6 Å². The van der Waals surface area contributed by atoms with Gasteiger partial charge in [0.2, 0.25) is 0 Å². The topological polar surface area (TPSA) is 34.1 Å². The summed E-state index contributed by atoms with van der Waals surface area (Å²) >= 11 is 5.90. The van der Waals surface area contributed by atoms with Crippen molar-refractivity contribution in [2.45, 2.75) is 19.8 Å². The lowest BCUT2D eigenvalue weighted by atomic mass is 9.77. The van der Waals surface area contributed by atoms with Crippen LogP contribution >= 0.6 is 11.6 Å². The van der Waals surface area contributed by atoms with Gasteiger partial charge in [-0.2, -0.15) is 0 Å². The van der Waals surface area contributed by atoms with Crippen LogP contribution < -0.4 is 0 Å². The van der Waals surface area contributed by atoms with E-state index >= 15 is 0 Å². The number of carbonyl (C=O) groups is 2. The van der Waals surface area contributed by atoms with Gasteiger partial charge in [0.15, 0.2) is 5.78 Å². The molecular formula is C14H13ClO2. The van der Waals surface area contributed by atoms with Crippen molar-refractivity contribution < 1.29 is 9.59 Å². The normalized spacial score (nSPS) is 22.4. The second kappa shape index (κ2) is 4.11. The van der Waals surface area contributed by atoms with Crippen LogP contribution in [-0.2, 0) is 11.2 Å². The van der Waals surface area contributed by atoms with Gasteiger partial charge in [-0.15, -0.1) is 6.58 Å². The van der Waals surface area contributed by atoms with Crippen molar-refractivity contribution in [2.75, 3.05) is 0 Å². The first kappa shape index (κ1) is 12.1. The summed E-state index contributed by atoms with van der Waals surface area (Å²) in [5, 5.41) is 0.592. The maximum Gasteiger partial charge on any atom is 0.177 e. The third-order valence-corrected chi connectivity index (χ3v) is 3.64. The van der Waals surface area contributed by atoms with Gasteiger partial charge in [0, 0.05) is 10.6 Å². The van der Waals surface area contributed by atoms with Gasteiger partial charge in [-0.3, -0.25) is 9.59 Å². The summed E-state index contributed by atoms with van der Waals surface area (Å²) in [6.45, 7) is 5.10. The minimum Gasteiger partial charge on any atom is -0.299 e. The Bertz CT molecular complexity index is 519. The highest BCUT2D eigenvalue weighted by atomic mass is 35.5. The number of halogens is 1. The first-order chi connectivity index (χ1) is 8.01. The molecule has 0 aromatic heterocycles. The number of carbonyl (C=O) groups excluding carboxylic acids is 2. The van der Waals surface area contributed by atoms with Gasteiger partial charge in [-0.25, -0.2) is 0 Å². The number of benzene rings is 1. The Balaban J connectivity index is 2.54. The fourth-order valence-corrected chi connectivity index (χ4v) is 2.63. The van der Waals surface area contributed by atoms with Gasteiger partial charge in [0.05, 0.1) is 5.41 Å². The van der Waals surface area contributed by atoms with E-state index in [2.05, 4.69) is 6.58 Å². The number of allylic oxidation sites excluding steroid dienone is 1. The average molecular weight is 249 g/mol. The zero-order valence-corrected chi connectivity index (χ0v) is 10.4.